The molecule has 0 aliphatic rings. The summed E-state index contributed by atoms with van der Waals surface area (Å²) in [6.07, 6.45) is 1.94. The molecule has 0 fully saturated rings. The molecule has 0 radical (unpaired) electrons. The molecule has 0 saturated carbocycles. The van der Waals surface area contributed by atoms with E-state index in [9.17, 15) is 13.2 Å². The van der Waals surface area contributed by atoms with E-state index in [-0.39, 0.29) is 17.0 Å². The number of rotatable bonds is 6. The van der Waals surface area contributed by atoms with Crippen LogP contribution in [0.1, 0.15) is 21.7 Å². The van der Waals surface area contributed by atoms with Crippen LogP contribution in [-0.2, 0) is 16.4 Å². The molecule has 112 valence electrons. The quantitative estimate of drug-likeness (QED) is 0.848. The number of carbonyl (C=O) groups is 1. The van der Waals surface area contributed by atoms with Crippen LogP contribution in [0.25, 0.3) is 0 Å². The van der Waals surface area contributed by atoms with Gasteiger partial charge in [0.2, 0.25) is 10.0 Å². The van der Waals surface area contributed by atoms with E-state index < -0.39 is 16.0 Å². The minimum atomic E-state index is -3.76. The highest BCUT2D eigenvalue weighted by atomic mass is 32.2. The second kappa shape index (κ2) is 6.11. The lowest BCUT2D eigenvalue weighted by Crippen LogP contribution is -2.26. The lowest BCUT2D eigenvalue weighted by Gasteiger charge is -2.09. The van der Waals surface area contributed by atoms with E-state index in [0.29, 0.717) is 17.7 Å². The minimum Gasteiger partial charge on any atom is -0.478 e. The Morgan fingerprint density at radius 3 is 2.71 bits per heavy atom. The van der Waals surface area contributed by atoms with E-state index in [1.54, 1.807) is 19.1 Å². The second-order valence-electron chi connectivity index (χ2n) is 4.51. The summed E-state index contributed by atoms with van der Waals surface area (Å²) in [4.78, 5) is 10.9. The van der Waals surface area contributed by atoms with Crippen LogP contribution in [0.4, 0.5) is 0 Å². The van der Waals surface area contributed by atoms with Gasteiger partial charge in [0, 0.05) is 13.0 Å². The molecule has 1 heterocycles. The van der Waals surface area contributed by atoms with Crippen LogP contribution in [-0.4, -0.2) is 26.0 Å². The molecule has 0 saturated heterocycles. The largest absolute Gasteiger partial charge is 0.478 e. The van der Waals surface area contributed by atoms with E-state index in [0.717, 1.165) is 6.07 Å². The van der Waals surface area contributed by atoms with Crippen molar-refractivity contribution in [2.75, 3.05) is 6.54 Å². The molecule has 0 aliphatic heterocycles. The highest BCUT2D eigenvalue weighted by molar-refractivity contribution is 7.89. The van der Waals surface area contributed by atoms with Crippen molar-refractivity contribution in [3.63, 3.8) is 0 Å². The van der Waals surface area contributed by atoms with Gasteiger partial charge in [-0.1, -0.05) is 6.07 Å². The monoisotopic (exact) mass is 309 g/mol. The van der Waals surface area contributed by atoms with Crippen molar-refractivity contribution in [3.05, 3.63) is 53.5 Å². The molecule has 1 aromatic heterocycles. The topological polar surface area (TPSA) is 96.6 Å². The average molecular weight is 309 g/mol. The fourth-order valence-corrected chi connectivity index (χ4v) is 3.16. The first kappa shape index (κ1) is 15.3. The second-order valence-corrected chi connectivity index (χ2v) is 6.25. The summed E-state index contributed by atoms with van der Waals surface area (Å²) in [7, 11) is -3.76. The van der Waals surface area contributed by atoms with Crippen LogP contribution in [0.15, 0.2) is 45.9 Å². The Morgan fingerprint density at radius 1 is 1.33 bits per heavy atom. The molecule has 0 unspecified atom stereocenters. The Hall–Kier alpha value is -2.12. The molecule has 7 heteroatoms. The van der Waals surface area contributed by atoms with E-state index in [1.165, 1.54) is 18.4 Å². The number of nitrogens with one attached hydrogen (secondary N) is 1. The molecule has 2 rings (SSSR count). The van der Waals surface area contributed by atoms with Gasteiger partial charge in [0.25, 0.3) is 0 Å². The molecular formula is C14H15NO5S. The summed E-state index contributed by atoms with van der Waals surface area (Å²) >= 11 is 0. The fraction of sp³-hybridized carbons (Fsp3) is 0.214. The SMILES string of the molecule is Cc1ccc(C(=O)O)cc1S(=O)(=O)NCCc1ccco1. The van der Waals surface area contributed by atoms with Crippen LogP contribution in [0.2, 0.25) is 0 Å². The maximum absolute atomic E-state index is 12.2. The average Bonchev–Trinajstić information content (AvgIpc) is 2.91. The molecule has 0 aliphatic carbocycles. The van der Waals surface area contributed by atoms with Gasteiger partial charge >= 0.3 is 5.97 Å². The highest BCUT2D eigenvalue weighted by Crippen LogP contribution is 2.17. The van der Waals surface area contributed by atoms with E-state index in [2.05, 4.69) is 4.72 Å². The third-order valence-corrected chi connectivity index (χ3v) is 4.57. The van der Waals surface area contributed by atoms with Gasteiger partial charge in [-0.15, -0.1) is 0 Å². The third-order valence-electron chi connectivity index (χ3n) is 2.97. The van der Waals surface area contributed by atoms with E-state index in [1.807, 2.05) is 0 Å². The molecule has 6 nitrogen and oxygen atoms in total. The predicted octanol–water partition coefficient (Wildman–Crippen LogP) is 1.81. The molecule has 0 spiro atoms. The third kappa shape index (κ3) is 3.71. The smallest absolute Gasteiger partial charge is 0.335 e. The number of benzene rings is 1. The number of aryl methyl sites for hydroxylation is 1. The maximum atomic E-state index is 12.2. The van der Waals surface area contributed by atoms with Crippen molar-refractivity contribution >= 4 is 16.0 Å². The summed E-state index contributed by atoms with van der Waals surface area (Å²) in [6, 6.07) is 7.49. The zero-order valence-electron chi connectivity index (χ0n) is 11.4. The molecule has 2 aromatic rings. The summed E-state index contributed by atoms with van der Waals surface area (Å²) in [5.41, 5.74) is 0.428. The van der Waals surface area contributed by atoms with Gasteiger partial charge in [-0.05, 0) is 36.8 Å². The molecule has 21 heavy (non-hydrogen) atoms. The number of hydrogen-bond donors (Lipinski definition) is 2. The van der Waals surface area contributed by atoms with Gasteiger partial charge in [-0.3, -0.25) is 0 Å². The van der Waals surface area contributed by atoms with Crippen molar-refractivity contribution in [2.24, 2.45) is 0 Å². The van der Waals surface area contributed by atoms with Crippen LogP contribution < -0.4 is 4.72 Å². The molecular weight excluding hydrogens is 294 g/mol. The number of carboxylic acid groups (broad SMARTS) is 1. The Morgan fingerprint density at radius 2 is 2.10 bits per heavy atom. The van der Waals surface area contributed by atoms with Gasteiger partial charge in [0.05, 0.1) is 16.7 Å². The van der Waals surface area contributed by atoms with Gasteiger partial charge in [0.1, 0.15) is 5.76 Å². The summed E-state index contributed by atoms with van der Waals surface area (Å²) in [6.45, 7) is 1.79. The van der Waals surface area contributed by atoms with Crippen molar-refractivity contribution in [1.82, 2.24) is 4.72 Å². The highest BCUT2D eigenvalue weighted by Gasteiger charge is 2.18. The van der Waals surface area contributed by atoms with Crippen LogP contribution in [0, 0.1) is 6.92 Å². The molecule has 0 bridgehead atoms. The van der Waals surface area contributed by atoms with Crippen LogP contribution >= 0.6 is 0 Å². The van der Waals surface area contributed by atoms with E-state index >= 15 is 0 Å². The Kier molecular flexibility index (Phi) is 4.44. The van der Waals surface area contributed by atoms with Crippen LogP contribution in [0.3, 0.4) is 0 Å². The first-order chi connectivity index (χ1) is 9.90. The van der Waals surface area contributed by atoms with E-state index in [4.69, 9.17) is 9.52 Å². The Labute approximate surface area is 122 Å². The van der Waals surface area contributed by atoms with Gasteiger partial charge in [0.15, 0.2) is 0 Å². The zero-order chi connectivity index (χ0) is 15.5. The summed E-state index contributed by atoms with van der Waals surface area (Å²) < 4.78 is 32.0. The lowest BCUT2D eigenvalue weighted by atomic mass is 10.1. The summed E-state index contributed by atoms with van der Waals surface area (Å²) in [5.74, 6) is -0.490. The normalized spacial score (nSPS) is 11.5. The Balaban J connectivity index is 2.15. The molecule has 1 aromatic carbocycles. The van der Waals surface area contributed by atoms with Crippen molar-refractivity contribution in [2.45, 2.75) is 18.2 Å². The number of sulfonamides is 1. The van der Waals surface area contributed by atoms with Crippen molar-refractivity contribution in [1.29, 1.82) is 0 Å². The van der Waals surface area contributed by atoms with Crippen LogP contribution in [0.5, 0.6) is 0 Å². The Bertz CT molecular complexity index is 735. The predicted molar refractivity (Wildman–Crippen MR) is 75.7 cm³/mol. The van der Waals surface area contributed by atoms with Crippen molar-refractivity contribution < 1.29 is 22.7 Å². The fourth-order valence-electron chi connectivity index (χ4n) is 1.86. The number of aromatic carboxylic acids is 1. The molecule has 0 amide bonds. The van der Waals surface area contributed by atoms with Gasteiger partial charge in [-0.2, -0.15) is 0 Å². The first-order valence-corrected chi connectivity index (χ1v) is 7.74. The number of carboxylic acids is 1. The standard InChI is InChI=1S/C14H15NO5S/c1-10-4-5-11(14(16)17)9-13(10)21(18,19)15-7-6-12-3-2-8-20-12/h2-5,8-9,15H,6-7H2,1H3,(H,16,17). The van der Waals surface area contributed by atoms with Crippen molar-refractivity contribution in [3.8, 4) is 0 Å². The maximum Gasteiger partial charge on any atom is 0.335 e. The number of furan rings is 1. The molecule has 0 atom stereocenters. The van der Waals surface area contributed by atoms with Gasteiger partial charge < -0.3 is 9.52 Å². The minimum absolute atomic E-state index is 0.0261. The number of hydrogen-bond acceptors (Lipinski definition) is 4. The first-order valence-electron chi connectivity index (χ1n) is 6.26. The zero-order valence-corrected chi connectivity index (χ0v) is 12.2. The molecule has 2 N–H and O–H groups in total. The lowest BCUT2D eigenvalue weighted by molar-refractivity contribution is 0.0696. The summed E-state index contributed by atoms with van der Waals surface area (Å²) in [5, 5.41) is 8.94. The van der Waals surface area contributed by atoms with Gasteiger partial charge in [-0.25, -0.2) is 17.9 Å².